The first kappa shape index (κ1) is 12.0. The smallest absolute Gasteiger partial charge is 0.254 e. The molecule has 5 nitrogen and oxygen atoms in total. The number of hydrogen-bond donors (Lipinski definition) is 2. The van der Waals surface area contributed by atoms with Crippen molar-refractivity contribution in [2.75, 3.05) is 6.54 Å². The topological polar surface area (TPSA) is 80.9 Å². The lowest BCUT2D eigenvalue weighted by molar-refractivity contribution is 0.0923. The van der Waals surface area contributed by atoms with Crippen molar-refractivity contribution >= 4 is 5.91 Å². The van der Waals surface area contributed by atoms with Crippen LogP contribution in [0.3, 0.4) is 0 Å². The standard InChI is InChI=1S/C12H18N4O/c13-5-11(9-3-1-2-4-9)16-12(17)10-6-14-8-15-7-10/h6-9,11H,1-5,13H2,(H,16,17). The zero-order valence-electron chi connectivity index (χ0n) is 9.80. The normalized spacial score (nSPS) is 17.9. The Bertz CT molecular complexity index is 362. The van der Waals surface area contributed by atoms with Gasteiger partial charge in [0.2, 0.25) is 0 Å². The fraction of sp³-hybridized carbons (Fsp3) is 0.583. The summed E-state index contributed by atoms with van der Waals surface area (Å²) < 4.78 is 0. The molecule has 92 valence electrons. The molecule has 1 aromatic heterocycles. The van der Waals surface area contributed by atoms with Crippen molar-refractivity contribution in [1.29, 1.82) is 0 Å². The van der Waals surface area contributed by atoms with E-state index in [1.165, 1.54) is 31.6 Å². The van der Waals surface area contributed by atoms with Crippen LogP contribution in [0.4, 0.5) is 0 Å². The summed E-state index contributed by atoms with van der Waals surface area (Å²) in [6.45, 7) is 0.490. The van der Waals surface area contributed by atoms with Gasteiger partial charge in [0.05, 0.1) is 5.56 Å². The lowest BCUT2D eigenvalue weighted by Crippen LogP contribution is -2.44. The Hall–Kier alpha value is -1.49. The second-order valence-corrected chi connectivity index (χ2v) is 4.49. The molecule has 1 amide bonds. The summed E-state index contributed by atoms with van der Waals surface area (Å²) in [6, 6.07) is 0.0743. The molecule has 0 radical (unpaired) electrons. The van der Waals surface area contributed by atoms with Gasteiger partial charge in [0.15, 0.2) is 0 Å². The van der Waals surface area contributed by atoms with Crippen LogP contribution in [0.5, 0.6) is 0 Å². The van der Waals surface area contributed by atoms with Crippen molar-refractivity contribution < 1.29 is 4.79 Å². The molecule has 3 N–H and O–H groups in total. The maximum atomic E-state index is 11.9. The fourth-order valence-electron chi connectivity index (χ4n) is 2.40. The maximum absolute atomic E-state index is 11.9. The number of rotatable bonds is 4. The molecule has 5 heteroatoms. The molecule has 0 spiro atoms. The Morgan fingerprint density at radius 3 is 2.65 bits per heavy atom. The molecule has 0 bridgehead atoms. The Labute approximate surface area is 101 Å². The molecule has 1 aliphatic rings. The largest absolute Gasteiger partial charge is 0.348 e. The van der Waals surface area contributed by atoms with Crippen LogP contribution >= 0.6 is 0 Å². The maximum Gasteiger partial charge on any atom is 0.254 e. The Morgan fingerprint density at radius 2 is 2.06 bits per heavy atom. The summed E-state index contributed by atoms with van der Waals surface area (Å²) in [5.41, 5.74) is 6.22. The van der Waals surface area contributed by atoms with E-state index in [0.29, 0.717) is 18.0 Å². The second-order valence-electron chi connectivity index (χ2n) is 4.49. The molecule has 1 atom stereocenters. The highest BCUT2D eigenvalue weighted by Crippen LogP contribution is 2.27. The van der Waals surface area contributed by atoms with Gasteiger partial charge in [-0.2, -0.15) is 0 Å². The lowest BCUT2D eigenvalue weighted by Gasteiger charge is -2.22. The number of carbonyl (C=O) groups excluding carboxylic acids is 1. The van der Waals surface area contributed by atoms with E-state index in [4.69, 9.17) is 5.73 Å². The molecule has 0 aromatic carbocycles. The Balaban J connectivity index is 1.96. The van der Waals surface area contributed by atoms with Gasteiger partial charge in [-0.15, -0.1) is 0 Å². The monoisotopic (exact) mass is 234 g/mol. The minimum absolute atomic E-state index is 0.0743. The van der Waals surface area contributed by atoms with Gasteiger partial charge >= 0.3 is 0 Å². The van der Waals surface area contributed by atoms with E-state index < -0.39 is 0 Å². The number of carbonyl (C=O) groups is 1. The van der Waals surface area contributed by atoms with Crippen LogP contribution in [0.25, 0.3) is 0 Å². The van der Waals surface area contributed by atoms with Gasteiger partial charge < -0.3 is 11.1 Å². The van der Waals surface area contributed by atoms with Gasteiger partial charge in [0.25, 0.3) is 5.91 Å². The summed E-state index contributed by atoms with van der Waals surface area (Å²) in [5, 5.41) is 2.98. The average molecular weight is 234 g/mol. The predicted molar refractivity (Wildman–Crippen MR) is 64.3 cm³/mol. The van der Waals surface area contributed by atoms with Crippen LogP contribution in [0.15, 0.2) is 18.7 Å². The number of nitrogens with one attached hydrogen (secondary N) is 1. The number of nitrogens with two attached hydrogens (primary N) is 1. The lowest BCUT2D eigenvalue weighted by atomic mass is 9.98. The second kappa shape index (κ2) is 5.72. The summed E-state index contributed by atoms with van der Waals surface area (Å²) in [7, 11) is 0. The van der Waals surface area contributed by atoms with Crippen molar-refractivity contribution in [3.8, 4) is 0 Å². The number of hydrogen-bond acceptors (Lipinski definition) is 4. The van der Waals surface area contributed by atoms with Crippen LogP contribution in [0.2, 0.25) is 0 Å². The quantitative estimate of drug-likeness (QED) is 0.804. The minimum atomic E-state index is -0.132. The van der Waals surface area contributed by atoms with E-state index in [9.17, 15) is 4.79 Å². The first-order valence-corrected chi connectivity index (χ1v) is 6.07. The van der Waals surface area contributed by atoms with Gasteiger partial charge in [-0.1, -0.05) is 12.8 Å². The molecule has 1 aromatic rings. The van der Waals surface area contributed by atoms with Crippen LogP contribution in [0, 0.1) is 5.92 Å². The van der Waals surface area contributed by atoms with Crippen molar-refractivity contribution in [3.05, 3.63) is 24.3 Å². The summed E-state index contributed by atoms with van der Waals surface area (Å²) >= 11 is 0. The molecule has 1 saturated carbocycles. The van der Waals surface area contributed by atoms with E-state index >= 15 is 0 Å². The van der Waals surface area contributed by atoms with E-state index in [-0.39, 0.29) is 11.9 Å². The predicted octanol–water partition coefficient (Wildman–Crippen LogP) is 0.724. The van der Waals surface area contributed by atoms with Crippen LogP contribution < -0.4 is 11.1 Å². The number of aromatic nitrogens is 2. The summed E-state index contributed by atoms with van der Waals surface area (Å²) in [4.78, 5) is 19.6. The fourth-order valence-corrected chi connectivity index (χ4v) is 2.40. The number of nitrogens with zero attached hydrogens (tertiary/aromatic N) is 2. The molecule has 2 rings (SSSR count). The van der Waals surface area contributed by atoms with Crippen molar-refractivity contribution in [2.45, 2.75) is 31.7 Å². The average Bonchev–Trinajstić information content (AvgIpc) is 2.90. The number of amides is 1. The van der Waals surface area contributed by atoms with Crippen LogP contribution in [-0.2, 0) is 0 Å². The highest BCUT2D eigenvalue weighted by atomic mass is 16.1. The van der Waals surface area contributed by atoms with E-state index in [1.807, 2.05) is 0 Å². The van der Waals surface area contributed by atoms with Crippen molar-refractivity contribution in [2.24, 2.45) is 11.7 Å². The van der Waals surface area contributed by atoms with Gasteiger partial charge in [-0.05, 0) is 18.8 Å². The van der Waals surface area contributed by atoms with Gasteiger partial charge in [-0.25, -0.2) is 9.97 Å². The Morgan fingerprint density at radius 1 is 1.41 bits per heavy atom. The van der Waals surface area contributed by atoms with E-state index in [2.05, 4.69) is 15.3 Å². The zero-order chi connectivity index (χ0) is 12.1. The van der Waals surface area contributed by atoms with Gasteiger partial charge in [-0.3, -0.25) is 4.79 Å². The van der Waals surface area contributed by atoms with Gasteiger partial charge in [0.1, 0.15) is 6.33 Å². The molecule has 1 fully saturated rings. The Kier molecular flexibility index (Phi) is 4.03. The van der Waals surface area contributed by atoms with Gasteiger partial charge in [0, 0.05) is 25.0 Å². The molecule has 1 heterocycles. The molecule has 1 unspecified atom stereocenters. The molecule has 17 heavy (non-hydrogen) atoms. The minimum Gasteiger partial charge on any atom is -0.348 e. The third-order valence-corrected chi connectivity index (χ3v) is 3.36. The third-order valence-electron chi connectivity index (χ3n) is 3.36. The highest BCUT2D eigenvalue weighted by Gasteiger charge is 2.25. The van der Waals surface area contributed by atoms with Crippen molar-refractivity contribution in [1.82, 2.24) is 15.3 Å². The van der Waals surface area contributed by atoms with E-state index in [0.717, 1.165) is 12.8 Å². The van der Waals surface area contributed by atoms with E-state index in [1.54, 1.807) is 0 Å². The molecular formula is C12H18N4O. The van der Waals surface area contributed by atoms with Crippen molar-refractivity contribution in [3.63, 3.8) is 0 Å². The molecule has 0 saturated heterocycles. The third kappa shape index (κ3) is 3.00. The van der Waals surface area contributed by atoms with Crippen LogP contribution in [0.1, 0.15) is 36.0 Å². The van der Waals surface area contributed by atoms with Crippen LogP contribution in [-0.4, -0.2) is 28.5 Å². The summed E-state index contributed by atoms with van der Waals surface area (Å²) in [5.74, 6) is 0.390. The summed E-state index contributed by atoms with van der Waals surface area (Å²) in [6.07, 6.45) is 9.25. The first-order valence-electron chi connectivity index (χ1n) is 6.07. The molecule has 1 aliphatic carbocycles. The molecular weight excluding hydrogens is 216 g/mol. The first-order chi connectivity index (χ1) is 8.31. The molecule has 0 aliphatic heterocycles. The zero-order valence-corrected chi connectivity index (χ0v) is 9.80. The SMILES string of the molecule is NCC(NC(=O)c1cncnc1)C1CCCC1. The highest BCUT2D eigenvalue weighted by molar-refractivity contribution is 5.93.